The van der Waals surface area contributed by atoms with Gasteiger partial charge in [0.05, 0.1) is 17.5 Å². The minimum Gasteiger partial charge on any atom is -0.318 e. The summed E-state index contributed by atoms with van der Waals surface area (Å²) in [7, 11) is 0. The van der Waals surface area contributed by atoms with E-state index in [0.29, 0.717) is 34.4 Å². The van der Waals surface area contributed by atoms with Crippen LogP contribution in [0.2, 0.25) is 5.15 Å². The lowest BCUT2D eigenvalue weighted by molar-refractivity contribution is -0.131. The van der Waals surface area contributed by atoms with Crippen molar-refractivity contribution >= 4 is 29.8 Å². The Balaban J connectivity index is 1.87. The van der Waals surface area contributed by atoms with E-state index in [9.17, 15) is 9.59 Å². The first-order valence-corrected chi connectivity index (χ1v) is 9.11. The van der Waals surface area contributed by atoms with Crippen LogP contribution in [0.15, 0.2) is 35.4 Å². The smallest absolute Gasteiger partial charge is 0.318 e. The summed E-state index contributed by atoms with van der Waals surface area (Å²) in [4.78, 5) is 25.2. The fourth-order valence-electron chi connectivity index (χ4n) is 2.99. The first-order valence-electron chi connectivity index (χ1n) is 8.73. The van der Waals surface area contributed by atoms with E-state index in [0.717, 1.165) is 5.01 Å². The topological polar surface area (TPSA) is 79.6 Å². The molecule has 142 valence electrons. The standard InChI is InChI=1S/C19H22ClN5O2/c1-12(2)11-24-16(20)15(13(3)23-24)10-21-25-17(26)19(4,22-18(25)27)14-8-6-5-7-9-14/h5-10,12H,11H2,1-4H3,(H,22,27)/t19-/m0/s1. The van der Waals surface area contributed by atoms with E-state index in [2.05, 4.69) is 29.4 Å². The van der Waals surface area contributed by atoms with Crippen molar-refractivity contribution in [2.45, 2.75) is 39.8 Å². The van der Waals surface area contributed by atoms with Crippen molar-refractivity contribution in [3.63, 3.8) is 0 Å². The number of carbonyl (C=O) groups excluding carboxylic acids is 2. The lowest BCUT2D eigenvalue weighted by Gasteiger charge is -2.20. The average Bonchev–Trinajstić information content (AvgIpc) is 3.00. The second-order valence-corrected chi connectivity index (χ2v) is 7.51. The molecule has 0 aliphatic carbocycles. The van der Waals surface area contributed by atoms with E-state index < -0.39 is 17.5 Å². The Morgan fingerprint density at radius 1 is 1.30 bits per heavy atom. The van der Waals surface area contributed by atoms with Gasteiger partial charge in [-0.2, -0.15) is 10.2 Å². The number of imide groups is 1. The molecule has 7 nitrogen and oxygen atoms in total. The van der Waals surface area contributed by atoms with Crippen LogP contribution in [0.5, 0.6) is 0 Å². The molecule has 2 aromatic rings. The van der Waals surface area contributed by atoms with Crippen LogP contribution < -0.4 is 5.32 Å². The van der Waals surface area contributed by atoms with E-state index in [1.807, 2.05) is 25.1 Å². The minimum absolute atomic E-state index is 0.379. The van der Waals surface area contributed by atoms with Gasteiger partial charge in [0, 0.05) is 6.54 Å². The van der Waals surface area contributed by atoms with Crippen LogP contribution in [0.1, 0.15) is 37.6 Å². The molecule has 1 aliphatic rings. The highest BCUT2D eigenvalue weighted by atomic mass is 35.5. The van der Waals surface area contributed by atoms with Crippen molar-refractivity contribution < 1.29 is 9.59 Å². The molecule has 3 amide bonds. The minimum atomic E-state index is -1.16. The number of carbonyl (C=O) groups is 2. The highest BCUT2D eigenvalue weighted by Gasteiger charge is 2.49. The number of rotatable bonds is 5. The largest absolute Gasteiger partial charge is 0.346 e. The Bertz CT molecular complexity index is 906. The average molecular weight is 388 g/mol. The van der Waals surface area contributed by atoms with Gasteiger partial charge in [-0.25, -0.2) is 4.79 Å². The van der Waals surface area contributed by atoms with E-state index in [4.69, 9.17) is 11.6 Å². The molecule has 1 fully saturated rings. The third kappa shape index (κ3) is 3.47. The Morgan fingerprint density at radius 2 is 1.96 bits per heavy atom. The Labute approximate surface area is 163 Å². The predicted octanol–water partition coefficient (Wildman–Crippen LogP) is 3.30. The zero-order valence-electron chi connectivity index (χ0n) is 15.7. The van der Waals surface area contributed by atoms with Crippen LogP contribution in [0.3, 0.4) is 0 Å². The number of aryl methyl sites for hydroxylation is 1. The number of benzene rings is 1. The quantitative estimate of drug-likeness (QED) is 0.631. The zero-order chi connectivity index (χ0) is 19.8. The van der Waals surface area contributed by atoms with Gasteiger partial charge < -0.3 is 5.32 Å². The molecule has 1 aliphatic heterocycles. The fraction of sp³-hybridized carbons (Fsp3) is 0.368. The predicted molar refractivity (Wildman–Crippen MR) is 104 cm³/mol. The number of hydrazone groups is 1. The zero-order valence-corrected chi connectivity index (χ0v) is 16.5. The van der Waals surface area contributed by atoms with E-state index in [1.165, 1.54) is 6.21 Å². The molecule has 0 spiro atoms. The summed E-state index contributed by atoms with van der Waals surface area (Å²) < 4.78 is 1.70. The molecule has 1 atom stereocenters. The third-order valence-electron chi connectivity index (χ3n) is 4.47. The highest BCUT2D eigenvalue weighted by Crippen LogP contribution is 2.29. The molecule has 3 rings (SSSR count). The Hall–Kier alpha value is -2.67. The van der Waals surface area contributed by atoms with Crippen LogP contribution in [-0.4, -0.2) is 32.9 Å². The number of aromatic nitrogens is 2. The van der Waals surface area contributed by atoms with Gasteiger partial charge in [-0.15, -0.1) is 5.01 Å². The number of nitrogens with zero attached hydrogens (tertiary/aromatic N) is 4. The number of hydrogen-bond donors (Lipinski definition) is 1. The summed E-state index contributed by atoms with van der Waals surface area (Å²) in [6, 6.07) is 8.50. The lowest BCUT2D eigenvalue weighted by atomic mass is 9.92. The number of urea groups is 1. The van der Waals surface area contributed by atoms with Crippen molar-refractivity contribution in [1.29, 1.82) is 0 Å². The van der Waals surface area contributed by atoms with Gasteiger partial charge in [-0.05, 0) is 25.3 Å². The van der Waals surface area contributed by atoms with Gasteiger partial charge in [-0.1, -0.05) is 55.8 Å². The molecule has 0 bridgehead atoms. The van der Waals surface area contributed by atoms with Crippen molar-refractivity contribution in [2.75, 3.05) is 0 Å². The number of hydrogen-bond acceptors (Lipinski definition) is 4. The molecule has 1 N–H and O–H groups in total. The molecule has 1 saturated heterocycles. The van der Waals surface area contributed by atoms with Gasteiger partial charge >= 0.3 is 6.03 Å². The van der Waals surface area contributed by atoms with Crippen molar-refractivity contribution in [3.05, 3.63) is 52.3 Å². The summed E-state index contributed by atoms with van der Waals surface area (Å²) in [5, 5.41) is 12.5. The van der Waals surface area contributed by atoms with Gasteiger partial charge in [-0.3, -0.25) is 9.48 Å². The monoisotopic (exact) mass is 387 g/mol. The van der Waals surface area contributed by atoms with Gasteiger partial charge in [0.2, 0.25) is 0 Å². The van der Waals surface area contributed by atoms with Crippen LogP contribution in [0, 0.1) is 12.8 Å². The Morgan fingerprint density at radius 3 is 2.59 bits per heavy atom. The third-order valence-corrected chi connectivity index (χ3v) is 4.87. The second kappa shape index (κ2) is 7.15. The molecule has 0 unspecified atom stereocenters. The SMILES string of the molecule is Cc1nn(CC(C)C)c(Cl)c1C=NN1C(=O)N[C@@](C)(c2ccccc2)C1=O. The van der Waals surface area contributed by atoms with Crippen molar-refractivity contribution in [3.8, 4) is 0 Å². The van der Waals surface area contributed by atoms with E-state index in [1.54, 1.807) is 23.7 Å². The molecule has 0 saturated carbocycles. The summed E-state index contributed by atoms with van der Waals surface area (Å²) in [5.74, 6) is -0.0672. The van der Waals surface area contributed by atoms with Crippen LogP contribution in [-0.2, 0) is 16.9 Å². The maximum Gasteiger partial charge on any atom is 0.346 e. The first-order chi connectivity index (χ1) is 12.7. The normalized spacial score (nSPS) is 20.1. The molecule has 2 heterocycles. The fourth-order valence-corrected chi connectivity index (χ4v) is 3.28. The van der Waals surface area contributed by atoms with Crippen LogP contribution in [0.25, 0.3) is 0 Å². The molecule has 0 radical (unpaired) electrons. The summed E-state index contributed by atoms with van der Waals surface area (Å²) >= 11 is 6.39. The maximum atomic E-state index is 12.9. The number of halogens is 1. The van der Waals surface area contributed by atoms with E-state index >= 15 is 0 Å². The molecule has 27 heavy (non-hydrogen) atoms. The maximum absolute atomic E-state index is 12.9. The van der Waals surface area contributed by atoms with Gasteiger partial charge in [0.15, 0.2) is 0 Å². The van der Waals surface area contributed by atoms with Gasteiger partial charge in [0.1, 0.15) is 10.7 Å². The van der Waals surface area contributed by atoms with Crippen LogP contribution in [0.4, 0.5) is 4.79 Å². The molecular weight excluding hydrogens is 366 g/mol. The Kier molecular flexibility index (Phi) is 5.06. The molecular formula is C19H22ClN5O2. The number of nitrogens with one attached hydrogen (secondary N) is 1. The molecule has 8 heteroatoms. The van der Waals surface area contributed by atoms with E-state index in [-0.39, 0.29) is 0 Å². The second-order valence-electron chi connectivity index (χ2n) is 7.15. The molecule has 1 aromatic carbocycles. The lowest BCUT2D eigenvalue weighted by Crippen LogP contribution is -2.40. The summed E-state index contributed by atoms with van der Waals surface area (Å²) in [6.07, 6.45) is 1.41. The first kappa shape index (κ1) is 19.1. The summed E-state index contributed by atoms with van der Waals surface area (Å²) in [5.41, 5.74) is 0.810. The molecule has 1 aromatic heterocycles. The van der Waals surface area contributed by atoms with Crippen molar-refractivity contribution in [1.82, 2.24) is 20.1 Å². The summed E-state index contributed by atoms with van der Waals surface area (Å²) in [6.45, 7) is 8.28. The van der Waals surface area contributed by atoms with Crippen LogP contribution >= 0.6 is 11.6 Å². The highest BCUT2D eigenvalue weighted by molar-refractivity contribution is 6.32. The number of amides is 3. The van der Waals surface area contributed by atoms with Crippen molar-refractivity contribution in [2.24, 2.45) is 11.0 Å². The van der Waals surface area contributed by atoms with Gasteiger partial charge in [0.25, 0.3) is 5.91 Å².